The number of hydrogen-bond donors (Lipinski definition) is 0. The Bertz CT molecular complexity index is 707. The molecule has 0 saturated carbocycles. The Kier molecular flexibility index (Phi) is 4.70. The van der Waals surface area contributed by atoms with Crippen LogP contribution in [0.15, 0.2) is 48.5 Å². The molecule has 130 valence electrons. The van der Waals surface area contributed by atoms with Crippen molar-refractivity contribution in [3.8, 4) is 11.5 Å². The maximum atomic E-state index is 12.9. The van der Waals surface area contributed by atoms with E-state index in [4.69, 9.17) is 9.47 Å². The van der Waals surface area contributed by atoms with Gasteiger partial charge in [0.1, 0.15) is 24.0 Å². The Morgan fingerprint density at radius 2 is 1.56 bits per heavy atom. The highest BCUT2D eigenvalue weighted by atomic mass is 16.5. The summed E-state index contributed by atoms with van der Waals surface area (Å²) in [6, 6.07) is 15.4. The minimum atomic E-state index is -0.414. The van der Waals surface area contributed by atoms with Gasteiger partial charge in [0.25, 0.3) is 0 Å². The number of rotatable bonds is 4. The van der Waals surface area contributed by atoms with Crippen LogP contribution in [0.1, 0.15) is 36.3 Å². The molecule has 25 heavy (non-hydrogen) atoms. The number of likely N-dealkylation sites (tertiary alicyclic amines) is 1. The molecule has 4 nitrogen and oxygen atoms in total. The summed E-state index contributed by atoms with van der Waals surface area (Å²) < 4.78 is 11.6. The number of carbonyl (C=O) groups is 1. The number of hydrogen-bond acceptors (Lipinski definition) is 4. The van der Waals surface area contributed by atoms with Gasteiger partial charge in [0.2, 0.25) is 0 Å². The van der Waals surface area contributed by atoms with Gasteiger partial charge in [-0.1, -0.05) is 42.8 Å². The van der Waals surface area contributed by atoms with Gasteiger partial charge in [-0.2, -0.15) is 0 Å². The molecule has 2 heterocycles. The number of ether oxygens (including phenoxy) is 2. The van der Waals surface area contributed by atoms with Crippen LogP contribution in [0, 0.1) is 0 Å². The van der Waals surface area contributed by atoms with Gasteiger partial charge in [0, 0.05) is 17.7 Å². The molecule has 0 amide bonds. The van der Waals surface area contributed by atoms with E-state index < -0.39 is 5.92 Å². The summed E-state index contributed by atoms with van der Waals surface area (Å²) in [6.45, 7) is 3.49. The first-order chi connectivity index (χ1) is 12.3. The lowest BCUT2D eigenvalue weighted by Gasteiger charge is -2.28. The first kappa shape index (κ1) is 16.2. The van der Waals surface area contributed by atoms with Crippen LogP contribution in [-0.4, -0.2) is 37.1 Å². The van der Waals surface area contributed by atoms with E-state index in [-0.39, 0.29) is 5.97 Å². The molecule has 1 saturated heterocycles. The molecule has 0 N–H and O–H groups in total. The van der Waals surface area contributed by atoms with Crippen molar-refractivity contribution in [3.05, 3.63) is 59.7 Å². The van der Waals surface area contributed by atoms with Gasteiger partial charge >= 0.3 is 5.97 Å². The van der Waals surface area contributed by atoms with E-state index in [0.29, 0.717) is 6.61 Å². The Morgan fingerprint density at radius 3 is 2.20 bits per heavy atom. The van der Waals surface area contributed by atoms with Crippen LogP contribution < -0.4 is 4.74 Å². The SMILES string of the molecule is O=C(OCCN1CCCCC1)C1c2ccccc2Oc2ccccc21. The van der Waals surface area contributed by atoms with Gasteiger partial charge < -0.3 is 9.47 Å². The lowest BCUT2D eigenvalue weighted by Crippen LogP contribution is -2.33. The minimum Gasteiger partial charge on any atom is -0.464 e. The zero-order valence-electron chi connectivity index (χ0n) is 14.3. The van der Waals surface area contributed by atoms with Gasteiger partial charge in [0.15, 0.2) is 0 Å². The highest BCUT2D eigenvalue weighted by molar-refractivity contribution is 5.85. The number of piperidine rings is 1. The highest BCUT2D eigenvalue weighted by Gasteiger charge is 2.33. The van der Waals surface area contributed by atoms with E-state index >= 15 is 0 Å². The summed E-state index contributed by atoms with van der Waals surface area (Å²) in [5.74, 6) is 0.862. The van der Waals surface area contributed by atoms with Gasteiger partial charge in [-0.05, 0) is 38.1 Å². The molecule has 2 aromatic rings. The smallest absolute Gasteiger partial charge is 0.318 e. The molecule has 2 aliphatic rings. The van der Waals surface area contributed by atoms with Crippen molar-refractivity contribution >= 4 is 5.97 Å². The van der Waals surface area contributed by atoms with Gasteiger partial charge in [0.05, 0.1) is 0 Å². The predicted octanol–water partition coefficient (Wildman–Crippen LogP) is 3.95. The topological polar surface area (TPSA) is 38.8 Å². The van der Waals surface area contributed by atoms with E-state index in [0.717, 1.165) is 42.3 Å². The summed E-state index contributed by atoms with van der Waals surface area (Å²) in [7, 11) is 0. The van der Waals surface area contributed by atoms with E-state index in [2.05, 4.69) is 4.90 Å². The molecular formula is C21H23NO3. The van der Waals surface area contributed by atoms with E-state index in [9.17, 15) is 4.79 Å². The fourth-order valence-electron chi connectivity index (χ4n) is 3.71. The van der Waals surface area contributed by atoms with Crippen LogP contribution in [0.5, 0.6) is 11.5 Å². The molecular weight excluding hydrogens is 314 g/mol. The Labute approximate surface area is 148 Å². The zero-order chi connectivity index (χ0) is 17.1. The quantitative estimate of drug-likeness (QED) is 0.792. The number of carbonyl (C=O) groups excluding carboxylic acids is 1. The van der Waals surface area contributed by atoms with Gasteiger partial charge in [-0.25, -0.2) is 0 Å². The maximum absolute atomic E-state index is 12.9. The fourth-order valence-corrected chi connectivity index (χ4v) is 3.71. The monoisotopic (exact) mass is 337 g/mol. The summed E-state index contributed by atoms with van der Waals surface area (Å²) in [5.41, 5.74) is 1.76. The standard InChI is InChI=1S/C21H23NO3/c23-21(24-15-14-22-12-6-1-7-13-22)20-16-8-2-4-10-18(16)25-19-11-5-3-9-17(19)20/h2-5,8-11,20H,1,6-7,12-15H2. The lowest BCUT2D eigenvalue weighted by atomic mass is 9.88. The lowest BCUT2D eigenvalue weighted by molar-refractivity contribution is -0.145. The molecule has 0 radical (unpaired) electrons. The average Bonchev–Trinajstić information content (AvgIpc) is 2.66. The van der Waals surface area contributed by atoms with Crippen molar-refractivity contribution in [1.29, 1.82) is 0 Å². The molecule has 2 aromatic carbocycles. The highest BCUT2D eigenvalue weighted by Crippen LogP contribution is 2.44. The Morgan fingerprint density at radius 1 is 0.960 bits per heavy atom. The molecule has 0 bridgehead atoms. The van der Waals surface area contributed by atoms with Crippen LogP contribution in [0.3, 0.4) is 0 Å². The van der Waals surface area contributed by atoms with Crippen LogP contribution in [-0.2, 0) is 9.53 Å². The van der Waals surface area contributed by atoms with Crippen LogP contribution in [0.4, 0.5) is 0 Å². The van der Waals surface area contributed by atoms with Crippen molar-refractivity contribution in [2.24, 2.45) is 0 Å². The Hall–Kier alpha value is -2.33. The molecule has 4 heteroatoms. The molecule has 0 atom stereocenters. The van der Waals surface area contributed by atoms with E-state index in [1.165, 1.54) is 19.3 Å². The third kappa shape index (κ3) is 3.40. The third-order valence-electron chi connectivity index (χ3n) is 5.02. The third-order valence-corrected chi connectivity index (χ3v) is 5.02. The largest absolute Gasteiger partial charge is 0.464 e. The first-order valence-corrected chi connectivity index (χ1v) is 9.07. The van der Waals surface area contributed by atoms with Gasteiger partial charge in [-0.3, -0.25) is 9.69 Å². The zero-order valence-corrected chi connectivity index (χ0v) is 14.3. The first-order valence-electron chi connectivity index (χ1n) is 9.07. The second kappa shape index (κ2) is 7.28. The number of fused-ring (bicyclic) bond motifs is 2. The predicted molar refractivity (Wildman–Crippen MR) is 96.1 cm³/mol. The van der Waals surface area contributed by atoms with Crippen molar-refractivity contribution in [3.63, 3.8) is 0 Å². The maximum Gasteiger partial charge on any atom is 0.318 e. The number of esters is 1. The summed E-state index contributed by atoms with van der Waals surface area (Å²) in [5, 5.41) is 0. The van der Waals surface area contributed by atoms with Crippen molar-refractivity contribution in [1.82, 2.24) is 4.90 Å². The average molecular weight is 337 g/mol. The Balaban J connectivity index is 1.49. The summed E-state index contributed by atoms with van der Waals surface area (Å²) in [6.07, 6.45) is 3.80. The summed E-state index contributed by atoms with van der Waals surface area (Å²) >= 11 is 0. The summed E-state index contributed by atoms with van der Waals surface area (Å²) in [4.78, 5) is 15.2. The molecule has 4 rings (SSSR count). The normalized spacial score (nSPS) is 17.3. The number of benzene rings is 2. The molecule has 1 fully saturated rings. The van der Waals surface area contributed by atoms with Crippen LogP contribution in [0.25, 0.3) is 0 Å². The van der Waals surface area contributed by atoms with Crippen LogP contribution in [0.2, 0.25) is 0 Å². The molecule has 0 spiro atoms. The van der Waals surface area contributed by atoms with Crippen molar-refractivity contribution < 1.29 is 14.3 Å². The van der Waals surface area contributed by atoms with E-state index in [1.807, 2.05) is 48.5 Å². The second-order valence-corrected chi connectivity index (χ2v) is 6.68. The molecule has 0 unspecified atom stereocenters. The van der Waals surface area contributed by atoms with Gasteiger partial charge in [-0.15, -0.1) is 0 Å². The molecule has 0 aliphatic carbocycles. The van der Waals surface area contributed by atoms with E-state index in [1.54, 1.807) is 0 Å². The molecule has 0 aromatic heterocycles. The van der Waals surface area contributed by atoms with Crippen molar-refractivity contribution in [2.45, 2.75) is 25.2 Å². The van der Waals surface area contributed by atoms with Crippen LogP contribution >= 0.6 is 0 Å². The number of nitrogens with zero attached hydrogens (tertiary/aromatic N) is 1. The minimum absolute atomic E-state index is 0.194. The van der Waals surface area contributed by atoms with Crippen molar-refractivity contribution in [2.75, 3.05) is 26.2 Å². The number of para-hydroxylation sites is 2. The fraction of sp³-hybridized carbons (Fsp3) is 0.381. The molecule has 2 aliphatic heterocycles. The second-order valence-electron chi connectivity index (χ2n) is 6.68.